The fraction of sp³-hybridized carbons (Fsp3) is 0.300. The molecule has 82 valence electrons. The topological polar surface area (TPSA) is 21.6 Å². The molecule has 0 aromatic heterocycles. The fourth-order valence-corrected chi connectivity index (χ4v) is 1.23. The maximum Gasteiger partial charge on any atom is 0.417 e. The molecule has 0 bridgehead atoms. The first-order chi connectivity index (χ1) is 6.96. The second-order valence-corrected chi connectivity index (χ2v) is 2.90. The maximum absolute atomic E-state index is 12.6. The molecule has 1 aromatic rings. The predicted octanol–water partition coefficient (Wildman–Crippen LogP) is 3.08. The fourth-order valence-electron chi connectivity index (χ4n) is 1.23. The standard InChI is InChI=1S/C10H10F3NO/c1-7(14-15-2)8-5-3-4-6-9(8)10(11,12)13/h3-6H,1-2H3/b14-7+. The molecule has 15 heavy (non-hydrogen) atoms. The van der Waals surface area contributed by atoms with Crippen molar-refractivity contribution in [3.8, 4) is 0 Å². The van der Waals surface area contributed by atoms with E-state index in [1.54, 1.807) is 0 Å². The lowest BCUT2D eigenvalue weighted by molar-refractivity contribution is -0.137. The van der Waals surface area contributed by atoms with E-state index in [0.29, 0.717) is 0 Å². The van der Waals surface area contributed by atoms with Gasteiger partial charge in [-0.2, -0.15) is 13.2 Å². The molecule has 0 aliphatic carbocycles. The Bertz CT molecular complexity index is 371. The first kappa shape index (κ1) is 11.6. The number of alkyl halides is 3. The van der Waals surface area contributed by atoms with E-state index in [-0.39, 0.29) is 11.3 Å². The predicted molar refractivity (Wildman–Crippen MR) is 50.7 cm³/mol. The number of oxime groups is 1. The largest absolute Gasteiger partial charge is 0.417 e. The minimum Gasteiger partial charge on any atom is -0.399 e. The van der Waals surface area contributed by atoms with Crippen molar-refractivity contribution >= 4 is 5.71 Å². The number of halogens is 3. The molecule has 0 N–H and O–H groups in total. The molecule has 0 atom stereocenters. The summed E-state index contributed by atoms with van der Waals surface area (Å²) in [5.74, 6) is 0. The molecular formula is C10H10F3NO. The second kappa shape index (κ2) is 4.33. The van der Waals surface area contributed by atoms with Gasteiger partial charge >= 0.3 is 6.18 Å². The summed E-state index contributed by atoms with van der Waals surface area (Å²) >= 11 is 0. The first-order valence-electron chi connectivity index (χ1n) is 4.21. The number of benzene rings is 1. The van der Waals surface area contributed by atoms with Crippen LogP contribution < -0.4 is 0 Å². The third kappa shape index (κ3) is 2.71. The Morgan fingerprint density at radius 3 is 2.40 bits per heavy atom. The van der Waals surface area contributed by atoms with E-state index in [9.17, 15) is 13.2 Å². The lowest BCUT2D eigenvalue weighted by atomic mass is 10.0. The highest BCUT2D eigenvalue weighted by Crippen LogP contribution is 2.32. The van der Waals surface area contributed by atoms with Crippen molar-refractivity contribution in [1.29, 1.82) is 0 Å². The molecule has 0 amide bonds. The van der Waals surface area contributed by atoms with Crippen LogP contribution in [0.2, 0.25) is 0 Å². The Kier molecular flexibility index (Phi) is 3.34. The van der Waals surface area contributed by atoms with E-state index in [2.05, 4.69) is 9.99 Å². The van der Waals surface area contributed by atoms with Gasteiger partial charge in [-0.25, -0.2) is 0 Å². The minimum absolute atomic E-state index is 0.0341. The summed E-state index contributed by atoms with van der Waals surface area (Å²) in [5.41, 5.74) is -0.472. The van der Waals surface area contributed by atoms with Crippen molar-refractivity contribution in [3.63, 3.8) is 0 Å². The zero-order valence-corrected chi connectivity index (χ0v) is 8.30. The van der Waals surface area contributed by atoms with Gasteiger partial charge in [-0.1, -0.05) is 23.4 Å². The van der Waals surface area contributed by atoms with Gasteiger partial charge in [0, 0.05) is 5.56 Å². The van der Waals surface area contributed by atoms with Crippen LogP contribution in [0.4, 0.5) is 13.2 Å². The lowest BCUT2D eigenvalue weighted by Gasteiger charge is -2.11. The number of nitrogens with zero attached hydrogens (tertiary/aromatic N) is 1. The molecule has 0 radical (unpaired) electrons. The van der Waals surface area contributed by atoms with Crippen molar-refractivity contribution in [1.82, 2.24) is 0 Å². The molecule has 0 spiro atoms. The molecule has 0 aliphatic rings. The van der Waals surface area contributed by atoms with E-state index in [1.807, 2.05) is 0 Å². The monoisotopic (exact) mass is 217 g/mol. The second-order valence-electron chi connectivity index (χ2n) is 2.90. The average Bonchev–Trinajstić information content (AvgIpc) is 2.17. The third-order valence-corrected chi connectivity index (χ3v) is 1.85. The SMILES string of the molecule is CO/N=C(\C)c1ccccc1C(F)(F)F. The van der Waals surface area contributed by atoms with Gasteiger partial charge < -0.3 is 4.84 Å². The maximum atomic E-state index is 12.6. The Morgan fingerprint density at radius 2 is 1.87 bits per heavy atom. The molecule has 0 saturated carbocycles. The zero-order valence-electron chi connectivity index (χ0n) is 8.30. The van der Waals surface area contributed by atoms with Gasteiger partial charge in [-0.15, -0.1) is 0 Å². The van der Waals surface area contributed by atoms with Gasteiger partial charge in [0.05, 0.1) is 11.3 Å². The molecule has 1 aromatic carbocycles. The van der Waals surface area contributed by atoms with Crippen molar-refractivity contribution in [2.75, 3.05) is 7.11 Å². The number of hydrogen-bond donors (Lipinski definition) is 0. The summed E-state index contributed by atoms with van der Waals surface area (Å²) in [7, 11) is 1.29. The van der Waals surface area contributed by atoms with Crippen LogP contribution in [0.1, 0.15) is 18.1 Å². The van der Waals surface area contributed by atoms with Crippen LogP contribution >= 0.6 is 0 Å². The van der Waals surface area contributed by atoms with Crippen LogP contribution in [0, 0.1) is 0 Å². The van der Waals surface area contributed by atoms with Crippen LogP contribution in [0.3, 0.4) is 0 Å². The van der Waals surface area contributed by atoms with Gasteiger partial charge in [-0.3, -0.25) is 0 Å². The van der Waals surface area contributed by atoms with Gasteiger partial charge in [0.25, 0.3) is 0 Å². The van der Waals surface area contributed by atoms with Gasteiger partial charge in [0.1, 0.15) is 7.11 Å². The average molecular weight is 217 g/mol. The van der Waals surface area contributed by atoms with Crippen molar-refractivity contribution in [2.45, 2.75) is 13.1 Å². The Morgan fingerprint density at radius 1 is 1.27 bits per heavy atom. The first-order valence-corrected chi connectivity index (χ1v) is 4.21. The van der Waals surface area contributed by atoms with Crippen LogP contribution in [-0.4, -0.2) is 12.8 Å². The molecule has 1 rings (SSSR count). The van der Waals surface area contributed by atoms with Crippen molar-refractivity contribution < 1.29 is 18.0 Å². The molecule has 2 nitrogen and oxygen atoms in total. The number of rotatable bonds is 2. The van der Waals surface area contributed by atoms with Crippen molar-refractivity contribution in [2.24, 2.45) is 5.16 Å². The highest BCUT2D eigenvalue weighted by atomic mass is 19.4. The van der Waals surface area contributed by atoms with E-state index < -0.39 is 11.7 Å². The smallest absolute Gasteiger partial charge is 0.399 e. The molecule has 0 fully saturated rings. The Hall–Kier alpha value is -1.52. The van der Waals surface area contributed by atoms with E-state index in [0.717, 1.165) is 6.07 Å². The van der Waals surface area contributed by atoms with Crippen LogP contribution in [0.15, 0.2) is 29.4 Å². The van der Waals surface area contributed by atoms with Gasteiger partial charge in [0.15, 0.2) is 0 Å². The summed E-state index contributed by atoms with van der Waals surface area (Å²) in [5, 5.41) is 3.49. The van der Waals surface area contributed by atoms with E-state index >= 15 is 0 Å². The molecule has 0 unspecified atom stereocenters. The normalized spacial score (nSPS) is 12.7. The molecule has 5 heteroatoms. The summed E-state index contributed by atoms with van der Waals surface area (Å²) < 4.78 is 37.7. The summed E-state index contributed by atoms with van der Waals surface area (Å²) in [4.78, 5) is 4.45. The summed E-state index contributed by atoms with van der Waals surface area (Å²) in [6, 6.07) is 5.25. The summed E-state index contributed by atoms with van der Waals surface area (Å²) in [6.45, 7) is 1.47. The zero-order chi connectivity index (χ0) is 11.5. The van der Waals surface area contributed by atoms with Crippen LogP contribution in [-0.2, 0) is 11.0 Å². The quantitative estimate of drug-likeness (QED) is 0.551. The highest BCUT2D eigenvalue weighted by molar-refractivity contribution is 5.99. The third-order valence-electron chi connectivity index (χ3n) is 1.85. The Balaban J connectivity index is 3.24. The highest BCUT2D eigenvalue weighted by Gasteiger charge is 2.33. The van der Waals surface area contributed by atoms with E-state index in [4.69, 9.17) is 0 Å². The van der Waals surface area contributed by atoms with Crippen LogP contribution in [0.5, 0.6) is 0 Å². The number of hydrogen-bond acceptors (Lipinski definition) is 2. The molecule has 0 saturated heterocycles. The minimum atomic E-state index is -4.37. The molecular weight excluding hydrogens is 207 g/mol. The molecule has 0 aliphatic heterocycles. The van der Waals surface area contributed by atoms with Crippen LogP contribution in [0.25, 0.3) is 0 Å². The lowest BCUT2D eigenvalue weighted by Crippen LogP contribution is -2.11. The van der Waals surface area contributed by atoms with Gasteiger partial charge in [-0.05, 0) is 13.0 Å². The Labute approximate surface area is 85.4 Å². The molecule has 0 heterocycles. The summed E-state index contributed by atoms with van der Waals surface area (Å²) in [6.07, 6.45) is -4.37. The van der Waals surface area contributed by atoms with E-state index in [1.165, 1.54) is 32.2 Å². The van der Waals surface area contributed by atoms with Gasteiger partial charge in [0.2, 0.25) is 0 Å². The van der Waals surface area contributed by atoms with Crippen molar-refractivity contribution in [3.05, 3.63) is 35.4 Å².